The van der Waals surface area contributed by atoms with Crippen LogP contribution in [0.5, 0.6) is 5.75 Å². The van der Waals surface area contributed by atoms with Crippen molar-refractivity contribution in [1.29, 1.82) is 5.26 Å². The molecule has 1 atom stereocenters. The summed E-state index contributed by atoms with van der Waals surface area (Å²) in [6.45, 7) is 1.41. The normalized spacial score (nSPS) is 15.9. The summed E-state index contributed by atoms with van der Waals surface area (Å²) in [6, 6.07) is 15.0. The molecule has 3 rings (SSSR count). The molecule has 0 bridgehead atoms. The molecule has 2 aromatic carbocycles. The topological polar surface area (TPSA) is 109 Å². The molecule has 0 aliphatic carbocycles. The van der Waals surface area contributed by atoms with E-state index in [2.05, 4.69) is 11.4 Å². The van der Waals surface area contributed by atoms with Crippen molar-refractivity contribution in [3.63, 3.8) is 0 Å². The number of carbonyl (C=O) groups excluding carboxylic acids is 1. The zero-order chi connectivity index (χ0) is 21.6. The second-order valence-corrected chi connectivity index (χ2v) is 8.64. The molecule has 1 heterocycles. The Morgan fingerprint density at radius 1 is 1.30 bits per heavy atom. The fourth-order valence-corrected chi connectivity index (χ4v) is 3.63. The first-order chi connectivity index (χ1) is 14.3. The average Bonchev–Trinajstić information content (AvgIpc) is 3.21. The van der Waals surface area contributed by atoms with Crippen molar-refractivity contribution in [2.45, 2.75) is 25.5 Å². The van der Waals surface area contributed by atoms with Gasteiger partial charge in [0, 0.05) is 25.4 Å². The van der Waals surface area contributed by atoms with Crippen LogP contribution in [0.3, 0.4) is 0 Å². The number of hydrogen-bond acceptors (Lipinski definition) is 6. The van der Waals surface area contributed by atoms with Crippen molar-refractivity contribution in [2.24, 2.45) is 0 Å². The van der Waals surface area contributed by atoms with E-state index in [9.17, 15) is 13.2 Å². The third-order valence-corrected chi connectivity index (χ3v) is 5.02. The number of hydrogen-bond donors (Lipinski definition) is 1. The summed E-state index contributed by atoms with van der Waals surface area (Å²) in [4.78, 5) is 14.6. The van der Waals surface area contributed by atoms with Gasteiger partial charge in [0.15, 0.2) is 0 Å². The summed E-state index contributed by atoms with van der Waals surface area (Å²) < 4.78 is 33.0. The summed E-state index contributed by atoms with van der Waals surface area (Å²) in [6.07, 6.45) is 2.79. The summed E-state index contributed by atoms with van der Waals surface area (Å²) in [5.74, 6) is 0.213. The van der Waals surface area contributed by atoms with Gasteiger partial charge in [-0.3, -0.25) is 0 Å². The van der Waals surface area contributed by atoms with Gasteiger partial charge in [-0.25, -0.2) is 4.79 Å². The number of ether oxygens (including phenoxy) is 1. The highest BCUT2D eigenvalue weighted by atomic mass is 32.2. The van der Waals surface area contributed by atoms with Gasteiger partial charge in [-0.2, -0.15) is 13.7 Å². The zero-order valence-corrected chi connectivity index (χ0v) is 17.4. The number of urea groups is 1. The first kappa shape index (κ1) is 21.6. The van der Waals surface area contributed by atoms with Crippen LogP contribution in [0.4, 0.5) is 10.5 Å². The first-order valence-electron chi connectivity index (χ1n) is 9.48. The van der Waals surface area contributed by atoms with Crippen molar-refractivity contribution in [2.75, 3.05) is 24.7 Å². The molecule has 9 heteroatoms. The Hall–Kier alpha value is -3.09. The number of carbonyl (C=O) groups is 1. The summed E-state index contributed by atoms with van der Waals surface area (Å²) in [5.41, 5.74) is 1.81. The SMILES string of the molecule is CS(=O)(=O)Oc1ccc(CN(CC2CCCO2)C(=O)Nc2cccc(C#N)c2)cc1. The Morgan fingerprint density at radius 2 is 2.07 bits per heavy atom. The number of nitriles is 1. The molecule has 1 aliphatic heterocycles. The minimum absolute atomic E-state index is 0.0333. The van der Waals surface area contributed by atoms with Gasteiger partial charge >= 0.3 is 16.1 Å². The molecule has 8 nitrogen and oxygen atoms in total. The van der Waals surface area contributed by atoms with Gasteiger partial charge in [0.25, 0.3) is 0 Å². The van der Waals surface area contributed by atoms with Crippen LogP contribution < -0.4 is 9.50 Å². The largest absolute Gasteiger partial charge is 0.383 e. The molecule has 1 fully saturated rings. The minimum Gasteiger partial charge on any atom is -0.383 e. The van der Waals surface area contributed by atoms with Gasteiger partial charge in [-0.15, -0.1) is 0 Å². The highest BCUT2D eigenvalue weighted by molar-refractivity contribution is 7.86. The Kier molecular flexibility index (Phi) is 6.92. The minimum atomic E-state index is -3.60. The third kappa shape index (κ3) is 6.47. The molecule has 0 saturated carbocycles. The maximum Gasteiger partial charge on any atom is 0.322 e. The predicted octanol–water partition coefficient (Wildman–Crippen LogP) is 3.11. The number of rotatable bonds is 7. The molecule has 0 radical (unpaired) electrons. The second kappa shape index (κ2) is 9.61. The lowest BCUT2D eigenvalue weighted by Crippen LogP contribution is -2.39. The van der Waals surface area contributed by atoms with E-state index in [-0.39, 0.29) is 17.9 Å². The van der Waals surface area contributed by atoms with Crippen LogP contribution >= 0.6 is 0 Å². The quantitative estimate of drug-likeness (QED) is 0.678. The van der Waals surface area contributed by atoms with E-state index >= 15 is 0 Å². The average molecular weight is 429 g/mol. The monoisotopic (exact) mass is 429 g/mol. The van der Waals surface area contributed by atoms with Gasteiger partial charge in [-0.05, 0) is 48.7 Å². The van der Waals surface area contributed by atoms with Gasteiger partial charge < -0.3 is 19.1 Å². The molecule has 1 aliphatic rings. The molecule has 2 aromatic rings. The lowest BCUT2D eigenvalue weighted by molar-refractivity contribution is 0.0819. The molecule has 30 heavy (non-hydrogen) atoms. The van der Waals surface area contributed by atoms with Crippen molar-refractivity contribution >= 4 is 21.8 Å². The van der Waals surface area contributed by atoms with Gasteiger partial charge in [0.05, 0.1) is 24.0 Å². The van der Waals surface area contributed by atoms with Crippen LogP contribution in [0.25, 0.3) is 0 Å². The van der Waals surface area contributed by atoms with E-state index in [1.165, 1.54) is 0 Å². The maximum absolute atomic E-state index is 12.9. The maximum atomic E-state index is 12.9. The van der Waals surface area contributed by atoms with Crippen LogP contribution in [0.15, 0.2) is 48.5 Å². The Labute approximate surface area is 176 Å². The Bertz CT molecular complexity index is 1030. The van der Waals surface area contributed by atoms with Gasteiger partial charge in [0.1, 0.15) is 5.75 Å². The summed E-state index contributed by atoms with van der Waals surface area (Å²) in [5, 5.41) is 11.9. The fraction of sp³-hybridized carbons (Fsp3) is 0.333. The number of nitrogens with one attached hydrogen (secondary N) is 1. The summed E-state index contributed by atoms with van der Waals surface area (Å²) >= 11 is 0. The van der Waals surface area contributed by atoms with Gasteiger partial charge in [0.2, 0.25) is 0 Å². The van der Waals surface area contributed by atoms with Crippen LogP contribution in [0.2, 0.25) is 0 Å². The number of anilines is 1. The molecular formula is C21H23N3O5S. The smallest absolute Gasteiger partial charge is 0.322 e. The molecule has 0 spiro atoms. The first-order valence-corrected chi connectivity index (χ1v) is 11.3. The molecule has 2 amide bonds. The van der Waals surface area contributed by atoms with E-state index in [1.807, 2.05) is 0 Å². The Morgan fingerprint density at radius 3 is 2.70 bits per heavy atom. The lowest BCUT2D eigenvalue weighted by atomic mass is 10.2. The fourth-order valence-electron chi connectivity index (χ4n) is 3.17. The second-order valence-electron chi connectivity index (χ2n) is 7.07. The molecule has 1 N–H and O–H groups in total. The van der Waals surface area contributed by atoms with Crippen LogP contribution in [-0.2, 0) is 21.4 Å². The van der Waals surface area contributed by atoms with Crippen LogP contribution in [0, 0.1) is 11.3 Å². The van der Waals surface area contributed by atoms with E-state index < -0.39 is 10.1 Å². The van der Waals surface area contributed by atoms with Gasteiger partial charge in [-0.1, -0.05) is 18.2 Å². The highest BCUT2D eigenvalue weighted by Crippen LogP contribution is 2.19. The molecule has 1 unspecified atom stereocenters. The number of amides is 2. The van der Waals surface area contributed by atoms with Crippen LogP contribution in [-0.4, -0.2) is 44.9 Å². The summed E-state index contributed by atoms with van der Waals surface area (Å²) in [7, 11) is -3.60. The predicted molar refractivity (Wildman–Crippen MR) is 111 cm³/mol. The highest BCUT2D eigenvalue weighted by Gasteiger charge is 2.23. The van der Waals surface area contributed by atoms with E-state index in [4.69, 9.17) is 14.2 Å². The van der Waals surface area contributed by atoms with Crippen molar-refractivity contribution in [1.82, 2.24) is 4.90 Å². The van der Waals surface area contributed by atoms with E-state index in [0.717, 1.165) is 24.7 Å². The molecular weight excluding hydrogens is 406 g/mol. The standard InChI is InChI=1S/C21H23N3O5S/c1-30(26,27)29-19-9-7-16(8-10-19)14-24(15-20-6-3-11-28-20)21(25)23-18-5-2-4-17(12-18)13-22/h2,4-5,7-10,12,20H,3,6,11,14-15H2,1H3,(H,23,25). The van der Waals surface area contributed by atoms with Crippen molar-refractivity contribution < 1.29 is 22.1 Å². The van der Waals surface area contributed by atoms with E-state index in [0.29, 0.717) is 30.9 Å². The Balaban J connectivity index is 1.72. The zero-order valence-electron chi connectivity index (χ0n) is 16.6. The molecule has 0 aromatic heterocycles. The number of benzene rings is 2. The lowest BCUT2D eigenvalue weighted by Gasteiger charge is -2.26. The number of nitrogens with zero attached hydrogens (tertiary/aromatic N) is 2. The molecule has 1 saturated heterocycles. The van der Waals surface area contributed by atoms with Crippen LogP contribution in [0.1, 0.15) is 24.0 Å². The molecule has 158 valence electrons. The third-order valence-electron chi connectivity index (χ3n) is 4.52. The van der Waals surface area contributed by atoms with Crippen molar-refractivity contribution in [3.8, 4) is 11.8 Å². The van der Waals surface area contributed by atoms with Crippen molar-refractivity contribution in [3.05, 3.63) is 59.7 Å². The van der Waals surface area contributed by atoms with E-state index in [1.54, 1.807) is 53.4 Å².